The van der Waals surface area contributed by atoms with Gasteiger partial charge in [-0.15, -0.1) is 0 Å². The molecule has 0 radical (unpaired) electrons. The summed E-state index contributed by atoms with van der Waals surface area (Å²) in [5.74, 6) is -0.706. The lowest BCUT2D eigenvalue weighted by molar-refractivity contribution is -0.384. The van der Waals surface area contributed by atoms with E-state index in [-0.39, 0.29) is 30.3 Å². The van der Waals surface area contributed by atoms with E-state index < -0.39 is 16.8 Å². The number of non-ortho nitro benzene ring substituents is 1. The minimum atomic E-state index is -0.632. The summed E-state index contributed by atoms with van der Waals surface area (Å²) >= 11 is 0. The van der Waals surface area contributed by atoms with Crippen LogP contribution >= 0.6 is 0 Å². The lowest BCUT2D eigenvalue weighted by Gasteiger charge is -2.19. The number of hydrogen-bond donors (Lipinski definition) is 0. The van der Waals surface area contributed by atoms with Gasteiger partial charge in [-0.3, -0.25) is 19.7 Å². The Balaban J connectivity index is 1.79. The fraction of sp³-hybridized carbons (Fsp3) is 0.300. The first-order chi connectivity index (χ1) is 13.3. The summed E-state index contributed by atoms with van der Waals surface area (Å²) in [6.45, 7) is 3.87. The third-order valence-corrected chi connectivity index (χ3v) is 4.68. The molecule has 1 atom stereocenters. The maximum Gasteiger partial charge on any atom is 0.316 e. The molecule has 1 saturated heterocycles. The quantitative estimate of drug-likeness (QED) is 0.340. The summed E-state index contributed by atoms with van der Waals surface area (Å²) in [6, 6.07) is 9.58. The number of nitro benzene ring substituents is 1. The maximum atomic E-state index is 12.6. The van der Waals surface area contributed by atoms with Crippen LogP contribution in [0.4, 0.5) is 11.4 Å². The van der Waals surface area contributed by atoms with E-state index in [2.05, 4.69) is 0 Å². The molecule has 0 N–H and O–H groups in total. The van der Waals surface area contributed by atoms with Crippen molar-refractivity contribution in [2.24, 2.45) is 5.92 Å². The maximum absolute atomic E-state index is 12.6. The molecule has 1 amide bonds. The predicted molar refractivity (Wildman–Crippen MR) is 102 cm³/mol. The molecule has 2 aromatic rings. The summed E-state index contributed by atoms with van der Waals surface area (Å²) in [5, 5.41) is 10.9. The third kappa shape index (κ3) is 3.80. The van der Waals surface area contributed by atoms with Crippen molar-refractivity contribution < 1.29 is 24.0 Å². The van der Waals surface area contributed by atoms with Crippen molar-refractivity contribution in [3.63, 3.8) is 0 Å². The minimum absolute atomic E-state index is 0.00381. The lowest BCUT2D eigenvalue weighted by atomic mass is 10.1. The van der Waals surface area contributed by atoms with Gasteiger partial charge >= 0.3 is 5.97 Å². The first-order valence-corrected chi connectivity index (χ1v) is 8.72. The zero-order chi connectivity index (χ0) is 20.4. The van der Waals surface area contributed by atoms with Crippen molar-refractivity contribution in [3.05, 3.63) is 57.6 Å². The first kappa shape index (κ1) is 19.3. The second-order valence-electron chi connectivity index (χ2n) is 6.71. The molecule has 0 unspecified atom stereocenters. The van der Waals surface area contributed by atoms with Gasteiger partial charge in [0.25, 0.3) is 5.69 Å². The molecule has 1 aliphatic heterocycles. The van der Waals surface area contributed by atoms with Crippen molar-refractivity contribution in [2.45, 2.75) is 20.3 Å². The number of esters is 1. The van der Waals surface area contributed by atoms with Crippen LogP contribution in [0.25, 0.3) is 0 Å². The monoisotopic (exact) mass is 384 g/mol. The SMILES string of the molecule is COc1cc([N+](=O)[O-])ccc1N1C[C@@H](C(=O)Oc2cc(C)ccc2C)CC1=O. The number of nitrogens with zero attached hydrogens (tertiary/aromatic N) is 2. The Morgan fingerprint density at radius 3 is 2.61 bits per heavy atom. The Labute approximate surface area is 161 Å². The third-order valence-electron chi connectivity index (χ3n) is 4.68. The average molecular weight is 384 g/mol. The van der Waals surface area contributed by atoms with Gasteiger partial charge in [-0.1, -0.05) is 12.1 Å². The van der Waals surface area contributed by atoms with Crippen LogP contribution in [0.1, 0.15) is 17.5 Å². The van der Waals surface area contributed by atoms with Crippen LogP contribution in [0, 0.1) is 29.9 Å². The lowest BCUT2D eigenvalue weighted by Crippen LogP contribution is -2.27. The molecule has 1 aliphatic rings. The molecule has 8 heteroatoms. The Bertz CT molecular complexity index is 956. The van der Waals surface area contributed by atoms with E-state index in [1.807, 2.05) is 26.0 Å². The number of carbonyl (C=O) groups is 2. The first-order valence-electron chi connectivity index (χ1n) is 8.72. The van der Waals surface area contributed by atoms with E-state index in [4.69, 9.17) is 9.47 Å². The Kier molecular flexibility index (Phi) is 5.30. The van der Waals surface area contributed by atoms with Gasteiger partial charge in [-0.2, -0.15) is 0 Å². The second kappa shape index (κ2) is 7.67. The molecule has 1 heterocycles. The zero-order valence-electron chi connectivity index (χ0n) is 15.8. The van der Waals surface area contributed by atoms with Gasteiger partial charge < -0.3 is 14.4 Å². The molecule has 1 fully saturated rings. The van der Waals surface area contributed by atoms with Crippen LogP contribution in [0.2, 0.25) is 0 Å². The molecule has 2 aromatic carbocycles. The fourth-order valence-corrected chi connectivity index (χ4v) is 3.11. The summed E-state index contributed by atoms with van der Waals surface area (Å²) in [5.41, 5.74) is 2.04. The highest BCUT2D eigenvalue weighted by atomic mass is 16.6. The highest BCUT2D eigenvalue weighted by Gasteiger charge is 2.38. The number of anilines is 1. The molecule has 3 rings (SSSR count). The summed E-state index contributed by atoms with van der Waals surface area (Å²) in [4.78, 5) is 36.9. The van der Waals surface area contributed by atoms with Gasteiger partial charge in [0.1, 0.15) is 11.5 Å². The van der Waals surface area contributed by atoms with E-state index >= 15 is 0 Å². The van der Waals surface area contributed by atoms with Gasteiger partial charge in [0.2, 0.25) is 5.91 Å². The highest BCUT2D eigenvalue weighted by molar-refractivity contribution is 6.01. The number of aryl methyl sites for hydroxylation is 2. The van der Waals surface area contributed by atoms with Crippen molar-refractivity contribution >= 4 is 23.3 Å². The molecule has 8 nitrogen and oxygen atoms in total. The smallest absolute Gasteiger partial charge is 0.316 e. The summed E-state index contributed by atoms with van der Waals surface area (Å²) in [7, 11) is 1.37. The van der Waals surface area contributed by atoms with Crippen LogP contribution in [0.5, 0.6) is 11.5 Å². The van der Waals surface area contributed by atoms with Crippen molar-refractivity contribution in [1.82, 2.24) is 0 Å². The van der Waals surface area contributed by atoms with Gasteiger partial charge in [0, 0.05) is 19.0 Å². The second-order valence-corrected chi connectivity index (χ2v) is 6.71. The van der Waals surface area contributed by atoms with Crippen molar-refractivity contribution in [1.29, 1.82) is 0 Å². The molecule has 146 valence electrons. The highest BCUT2D eigenvalue weighted by Crippen LogP contribution is 2.36. The summed E-state index contributed by atoms with van der Waals surface area (Å²) < 4.78 is 10.7. The molecule has 0 saturated carbocycles. The summed E-state index contributed by atoms with van der Waals surface area (Å²) in [6.07, 6.45) is 0.00381. The van der Waals surface area contributed by atoms with E-state index in [1.54, 1.807) is 6.07 Å². The molecule has 28 heavy (non-hydrogen) atoms. The van der Waals surface area contributed by atoms with Crippen LogP contribution in [-0.2, 0) is 9.59 Å². The largest absolute Gasteiger partial charge is 0.494 e. The topological polar surface area (TPSA) is 99.0 Å². The number of nitro groups is 1. The predicted octanol–water partition coefficient (Wildman–Crippen LogP) is 3.18. The number of ether oxygens (including phenoxy) is 2. The number of benzene rings is 2. The molecular weight excluding hydrogens is 364 g/mol. The molecular formula is C20H20N2O6. The molecule has 0 bridgehead atoms. The van der Waals surface area contributed by atoms with Crippen LogP contribution < -0.4 is 14.4 Å². The van der Waals surface area contributed by atoms with Gasteiger partial charge in [-0.05, 0) is 37.1 Å². The number of methoxy groups -OCH3 is 1. The number of amides is 1. The Morgan fingerprint density at radius 1 is 1.18 bits per heavy atom. The van der Waals surface area contributed by atoms with Gasteiger partial charge in [0.05, 0.1) is 29.7 Å². The minimum Gasteiger partial charge on any atom is -0.494 e. The van der Waals surface area contributed by atoms with Crippen molar-refractivity contribution in [2.75, 3.05) is 18.6 Å². The molecule has 0 aliphatic carbocycles. The van der Waals surface area contributed by atoms with E-state index in [0.29, 0.717) is 11.4 Å². The fourth-order valence-electron chi connectivity index (χ4n) is 3.11. The van der Waals surface area contributed by atoms with E-state index in [9.17, 15) is 19.7 Å². The average Bonchev–Trinajstić information content (AvgIpc) is 3.05. The molecule has 0 spiro atoms. The van der Waals surface area contributed by atoms with Crippen LogP contribution in [-0.4, -0.2) is 30.5 Å². The van der Waals surface area contributed by atoms with Crippen molar-refractivity contribution in [3.8, 4) is 11.5 Å². The normalized spacial score (nSPS) is 16.2. The molecule has 0 aromatic heterocycles. The number of carbonyl (C=O) groups excluding carboxylic acids is 2. The van der Waals surface area contributed by atoms with Crippen LogP contribution in [0.3, 0.4) is 0 Å². The van der Waals surface area contributed by atoms with E-state index in [1.165, 1.54) is 30.2 Å². The Morgan fingerprint density at radius 2 is 1.93 bits per heavy atom. The number of hydrogen-bond acceptors (Lipinski definition) is 6. The Hall–Kier alpha value is -3.42. The zero-order valence-corrected chi connectivity index (χ0v) is 15.8. The van der Waals surface area contributed by atoms with E-state index in [0.717, 1.165) is 11.1 Å². The van der Waals surface area contributed by atoms with Gasteiger partial charge in [0.15, 0.2) is 0 Å². The standard InChI is InChI=1S/C20H20N2O6/c1-12-4-5-13(2)17(8-12)28-20(24)14-9-19(23)21(11-14)16-7-6-15(22(25)26)10-18(16)27-3/h4-8,10,14H,9,11H2,1-3H3/t14-/m0/s1. The van der Waals surface area contributed by atoms with Crippen LogP contribution in [0.15, 0.2) is 36.4 Å². The number of rotatable bonds is 5. The van der Waals surface area contributed by atoms with Gasteiger partial charge in [-0.25, -0.2) is 0 Å².